The third kappa shape index (κ3) is 7.24. The SMILES string of the molecule is COC[C@@H]1NC(=O)CC/C=C\CN(c2cc(C)ccc2C)C(=O)[C@H]2N(CCCCCCO)C(=O)[C@@H]3[C@@H](C(=O)O[C@H]1c1ccccc1)[C@H]1C=C[C@]32O1. The van der Waals surface area contributed by atoms with Crippen LogP contribution >= 0.6 is 0 Å². The second-order valence-electron chi connectivity index (χ2n) is 14.0. The van der Waals surface area contributed by atoms with Crippen molar-refractivity contribution in [2.45, 2.75) is 82.3 Å². The fourth-order valence-corrected chi connectivity index (χ4v) is 8.07. The third-order valence-corrected chi connectivity index (χ3v) is 10.5. The van der Waals surface area contributed by atoms with Gasteiger partial charge in [0.15, 0.2) is 0 Å². The molecule has 1 spiro atoms. The number of methoxy groups -OCH3 is 1. The summed E-state index contributed by atoms with van der Waals surface area (Å²) in [7, 11) is 1.52. The van der Waals surface area contributed by atoms with Gasteiger partial charge in [0.25, 0.3) is 5.91 Å². The lowest BCUT2D eigenvalue weighted by molar-refractivity contribution is -0.162. The molecule has 3 amide bonds. The first-order valence-corrected chi connectivity index (χ1v) is 18.1. The Labute approximate surface area is 299 Å². The summed E-state index contributed by atoms with van der Waals surface area (Å²) in [5.74, 6) is -3.48. The van der Waals surface area contributed by atoms with Crippen LogP contribution in [0.5, 0.6) is 0 Å². The Hall–Kier alpha value is -4.32. The van der Waals surface area contributed by atoms with Gasteiger partial charge in [-0.3, -0.25) is 19.2 Å². The molecule has 0 saturated carbocycles. The number of nitrogens with one attached hydrogen (secondary N) is 1. The van der Waals surface area contributed by atoms with Crippen molar-refractivity contribution < 1.29 is 38.5 Å². The maximum atomic E-state index is 15.1. The van der Waals surface area contributed by atoms with Gasteiger partial charge in [0.2, 0.25) is 11.8 Å². The zero-order chi connectivity index (χ0) is 36.1. The number of cyclic esters (lactones) is 1. The molecule has 2 N–H and O–H groups in total. The molecule has 0 radical (unpaired) electrons. The molecule has 2 aromatic carbocycles. The molecule has 11 nitrogen and oxygen atoms in total. The number of carbonyl (C=O) groups excluding carboxylic acids is 4. The molecule has 0 aliphatic carbocycles. The predicted octanol–water partition coefficient (Wildman–Crippen LogP) is 4.11. The summed E-state index contributed by atoms with van der Waals surface area (Å²) in [6.45, 7) is 4.59. The quantitative estimate of drug-likeness (QED) is 0.215. The van der Waals surface area contributed by atoms with Crippen LogP contribution in [-0.2, 0) is 33.4 Å². The molecule has 2 aromatic rings. The van der Waals surface area contributed by atoms with Crippen LogP contribution in [0.3, 0.4) is 0 Å². The Morgan fingerprint density at radius 2 is 1.76 bits per heavy atom. The molecule has 6 rings (SSSR count). The Balaban J connectivity index is 1.44. The van der Waals surface area contributed by atoms with Crippen LogP contribution in [0.25, 0.3) is 0 Å². The predicted molar refractivity (Wildman–Crippen MR) is 191 cm³/mol. The number of hydrogen-bond acceptors (Lipinski definition) is 8. The first-order valence-electron chi connectivity index (χ1n) is 18.1. The highest BCUT2D eigenvalue weighted by atomic mass is 16.6. The van der Waals surface area contributed by atoms with E-state index in [9.17, 15) is 19.5 Å². The summed E-state index contributed by atoms with van der Waals surface area (Å²) in [5, 5.41) is 12.3. The topological polar surface area (TPSA) is 135 Å². The number of unbranched alkanes of at least 4 members (excludes halogenated alkanes) is 3. The largest absolute Gasteiger partial charge is 0.455 e. The summed E-state index contributed by atoms with van der Waals surface area (Å²) in [6.07, 6.45) is 9.11. The zero-order valence-electron chi connectivity index (χ0n) is 29.7. The monoisotopic (exact) mass is 699 g/mol. The smallest absolute Gasteiger partial charge is 0.313 e. The molecule has 2 saturated heterocycles. The van der Waals surface area contributed by atoms with E-state index in [-0.39, 0.29) is 43.9 Å². The Morgan fingerprint density at radius 3 is 2.53 bits per heavy atom. The Bertz CT molecular complexity index is 1660. The van der Waals surface area contributed by atoms with Gasteiger partial charge in [0, 0.05) is 38.9 Å². The van der Waals surface area contributed by atoms with Crippen LogP contribution in [0.2, 0.25) is 0 Å². The van der Waals surface area contributed by atoms with Crippen molar-refractivity contribution in [3.63, 3.8) is 0 Å². The highest BCUT2D eigenvalue weighted by Crippen LogP contribution is 2.56. The first-order chi connectivity index (χ1) is 24.7. The first kappa shape index (κ1) is 36.5. The van der Waals surface area contributed by atoms with Crippen LogP contribution in [-0.4, -0.2) is 90.9 Å². The number of allylic oxidation sites excluding steroid dienone is 1. The lowest BCUT2D eigenvalue weighted by Gasteiger charge is -2.36. The highest BCUT2D eigenvalue weighted by molar-refractivity contribution is 6.05. The van der Waals surface area contributed by atoms with Crippen molar-refractivity contribution in [2.24, 2.45) is 11.8 Å². The highest BCUT2D eigenvalue weighted by Gasteiger charge is 2.73. The number of likely N-dealkylation sites (tertiary alicyclic amines) is 1. The van der Waals surface area contributed by atoms with E-state index in [0.717, 1.165) is 29.7 Å². The minimum atomic E-state index is -1.37. The van der Waals surface area contributed by atoms with E-state index in [4.69, 9.17) is 14.2 Å². The van der Waals surface area contributed by atoms with Crippen molar-refractivity contribution >= 4 is 29.4 Å². The summed E-state index contributed by atoms with van der Waals surface area (Å²) >= 11 is 0. The minimum absolute atomic E-state index is 0.0800. The maximum Gasteiger partial charge on any atom is 0.313 e. The molecule has 4 aliphatic heterocycles. The van der Waals surface area contributed by atoms with Crippen molar-refractivity contribution in [1.29, 1.82) is 0 Å². The Kier molecular flexibility index (Phi) is 11.4. The summed E-state index contributed by atoms with van der Waals surface area (Å²) in [5.41, 5.74) is 1.89. The average Bonchev–Trinajstić information content (AvgIpc) is 3.76. The minimum Gasteiger partial charge on any atom is -0.455 e. The van der Waals surface area contributed by atoms with Gasteiger partial charge in [-0.2, -0.15) is 0 Å². The number of amides is 3. The molecule has 272 valence electrons. The van der Waals surface area contributed by atoms with Gasteiger partial charge in [0.05, 0.1) is 24.7 Å². The number of esters is 1. The average molecular weight is 700 g/mol. The van der Waals surface area contributed by atoms with Crippen LogP contribution < -0.4 is 10.2 Å². The second kappa shape index (κ2) is 15.9. The van der Waals surface area contributed by atoms with Crippen LogP contribution in [0.15, 0.2) is 72.8 Å². The normalized spacial score (nSPS) is 30.0. The number of carbonyl (C=O) groups is 4. The zero-order valence-corrected chi connectivity index (χ0v) is 29.7. The van der Waals surface area contributed by atoms with E-state index in [1.54, 1.807) is 15.9 Å². The number of ether oxygens (including phenoxy) is 3. The van der Waals surface area contributed by atoms with Gasteiger partial charge in [-0.05, 0) is 55.9 Å². The van der Waals surface area contributed by atoms with E-state index >= 15 is 4.79 Å². The number of aliphatic hydroxyl groups excluding tert-OH is 1. The van der Waals surface area contributed by atoms with Gasteiger partial charge >= 0.3 is 5.97 Å². The van der Waals surface area contributed by atoms with Crippen molar-refractivity contribution in [3.8, 4) is 0 Å². The lowest BCUT2D eigenvalue weighted by Crippen LogP contribution is -2.56. The number of aliphatic hydroxyl groups is 1. The molecule has 4 aliphatic rings. The maximum absolute atomic E-state index is 15.1. The Morgan fingerprint density at radius 1 is 0.980 bits per heavy atom. The molecule has 0 aromatic heterocycles. The molecule has 5 bridgehead atoms. The van der Waals surface area contributed by atoms with Gasteiger partial charge in [0.1, 0.15) is 23.7 Å². The number of benzene rings is 2. The summed E-state index contributed by atoms with van der Waals surface area (Å²) in [4.78, 5) is 60.8. The van der Waals surface area contributed by atoms with E-state index in [2.05, 4.69) is 5.32 Å². The molecular weight excluding hydrogens is 650 g/mol. The fraction of sp³-hybridized carbons (Fsp3) is 0.500. The molecule has 7 atom stereocenters. The molecule has 4 heterocycles. The number of anilines is 1. The molecule has 11 heteroatoms. The molecule has 51 heavy (non-hydrogen) atoms. The second-order valence-corrected chi connectivity index (χ2v) is 14.0. The van der Waals surface area contributed by atoms with Gasteiger partial charge in [-0.1, -0.05) is 79.6 Å². The standard InChI is InChI=1S/C40H49N3O8/c1-26-17-18-27(2)30(24-26)42-21-12-7-10-16-32(45)41-29(25-49-3)35(28-14-8-6-9-15-28)50-39(48)33-31-19-20-40(51-31)34(33)37(46)43(36(40)38(42)47)22-11-4-5-13-23-44/h6-9,12,14-15,17-20,24,29,31,33-36,44H,4-5,10-11,13,16,21-23,25H2,1-3H3,(H,41,45)/b12-7-/t29-,31+,33-,34-,35-,36+,40-/m0/s1. The fourth-order valence-electron chi connectivity index (χ4n) is 8.07. The number of fused-ring (bicyclic) bond motifs is 2. The van der Waals surface area contributed by atoms with Crippen LogP contribution in [0.4, 0.5) is 5.69 Å². The number of aryl methyl sites for hydroxylation is 2. The number of nitrogens with zero attached hydrogens (tertiary/aromatic N) is 2. The third-order valence-electron chi connectivity index (χ3n) is 10.5. The van der Waals surface area contributed by atoms with Gasteiger partial charge in [-0.25, -0.2) is 0 Å². The van der Waals surface area contributed by atoms with E-state index < -0.39 is 47.7 Å². The van der Waals surface area contributed by atoms with Crippen LogP contribution in [0.1, 0.15) is 61.3 Å². The molecule has 0 unspecified atom stereocenters. The van der Waals surface area contributed by atoms with E-state index in [1.165, 1.54) is 7.11 Å². The van der Waals surface area contributed by atoms with Crippen molar-refractivity contribution in [3.05, 3.63) is 89.5 Å². The molecular formula is C40H49N3O8. The molecule has 2 fully saturated rings. The van der Waals surface area contributed by atoms with E-state index in [1.807, 2.05) is 80.6 Å². The van der Waals surface area contributed by atoms with Gasteiger partial charge < -0.3 is 34.4 Å². The van der Waals surface area contributed by atoms with Crippen molar-refractivity contribution in [2.75, 3.05) is 38.3 Å². The number of rotatable bonds is 10. The van der Waals surface area contributed by atoms with Crippen LogP contribution in [0, 0.1) is 25.7 Å². The lowest BCUT2D eigenvalue weighted by atomic mass is 9.74. The summed E-state index contributed by atoms with van der Waals surface area (Å²) in [6, 6.07) is 13.4. The van der Waals surface area contributed by atoms with Crippen molar-refractivity contribution in [1.82, 2.24) is 10.2 Å². The van der Waals surface area contributed by atoms with Gasteiger partial charge in [-0.15, -0.1) is 0 Å². The number of hydrogen-bond donors (Lipinski definition) is 2. The van der Waals surface area contributed by atoms with E-state index in [0.29, 0.717) is 31.4 Å². The summed E-state index contributed by atoms with van der Waals surface area (Å²) < 4.78 is 18.5.